The van der Waals surface area contributed by atoms with E-state index in [1.54, 1.807) is 11.9 Å². The summed E-state index contributed by atoms with van der Waals surface area (Å²) < 4.78 is 0. The number of rotatable bonds is 4. The summed E-state index contributed by atoms with van der Waals surface area (Å²) in [5.74, 6) is 0. The number of hydrogen-bond donors (Lipinski definition) is 1. The summed E-state index contributed by atoms with van der Waals surface area (Å²) in [5, 5.41) is 3.18. The molecule has 3 heteroatoms. The zero-order valence-electron chi connectivity index (χ0n) is 7.95. The molecule has 1 aromatic rings. The molecule has 0 aliphatic heterocycles. The van der Waals surface area contributed by atoms with E-state index in [4.69, 9.17) is 0 Å². The Morgan fingerprint density at radius 1 is 1.54 bits per heavy atom. The van der Waals surface area contributed by atoms with Crippen molar-refractivity contribution in [2.45, 2.75) is 6.92 Å². The van der Waals surface area contributed by atoms with Gasteiger partial charge in [-0.2, -0.15) is 0 Å². The summed E-state index contributed by atoms with van der Waals surface area (Å²) in [6, 6.07) is 7.74. The minimum atomic E-state index is 0.797. The molecule has 13 heavy (non-hydrogen) atoms. The maximum Gasteiger partial charge on any atom is 0.213 e. The number of benzene rings is 1. The van der Waals surface area contributed by atoms with Crippen molar-refractivity contribution in [2.24, 2.45) is 0 Å². The quantitative estimate of drug-likeness (QED) is 0.712. The highest BCUT2D eigenvalue weighted by Crippen LogP contribution is 2.16. The average Bonchev–Trinajstić information content (AvgIpc) is 2.18. The fourth-order valence-corrected chi connectivity index (χ4v) is 1.10. The summed E-state index contributed by atoms with van der Waals surface area (Å²) in [6.45, 7) is 2.92. The van der Waals surface area contributed by atoms with Gasteiger partial charge >= 0.3 is 0 Å². The molecule has 0 radical (unpaired) electrons. The van der Waals surface area contributed by atoms with Gasteiger partial charge in [0, 0.05) is 25.0 Å². The average molecular weight is 178 g/mol. The number of nitrogens with zero attached hydrogens (tertiary/aromatic N) is 1. The van der Waals surface area contributed by atoms with Crippen LogP contribution in [0.3, 0.4) is 0 Å². The van der Waals surface area contributed by atoms with Crippen LogP contribution < -0.4 is 10.2 Å². The van der Waals surface area contributed by atoms with Crippen LogP contribution in [0.2, 0.25) is 0 Å². The lowest BCUT2D eigenvalue weighted by atomic mass is 10.2. The van der Waals surface area contributed by atoms with Crippen LogP contribution in [0.4, 0.5) is 11.4 Å². The number of carbonyl (C=O) groups excluding carboxylic acids is 1. The molecule has 1 amide bonds. The molecule has 0 heterocycles. The Hall–Kier alpha value is -1.51. The number of carbonyl (C=O) groups is 1. The van der Waals surface area contributed by atoms with Crippen molar-refractivity contribution in [2.75, 3.05) is 23.8 Å². The Labute approximate surface area is 78.4 Å². The van der Waals surface area contributed by atoms with Gasteiger partial charge < -0.3 is 10.2 Å². The van der Waals surface area contributed by atoms with Crippen LogP contribution in [0.1, 0.15) is 6.92 Å². The van der Waals surface area contributed by atoms with E-state index in [0.29, 0.717) is 0 Å². The minimum absolute atomic E-state index is 0.797. The minimum Gasteiger partial charge on any atom is -0.385 e. The van der Waals surface area contributed by atoms with Gasteiger partial charge in [0.25, 0.3) is 0 Å². The predicted molar refractivity (Wildman–Crippen MR) is 55.1 cm³/mol. The number of hydrogen-bond acceptors (Lipinski definition) is 2. The van der Waals surface area contributed by atoms with Crippen molar-refractivity contribution in [3.63, 3.8) is 0 Å². The largest absolute Gasteiger partial charge is 0.385 e. The zero-order chi connectivity index (χ0) is 9.68. The number of amides is 1. The smallest absolute Gasteiger partial charge is 0.213 e. The molecule has 0 fully saturated rings. The zero-order valence-corrected chi connectivity index (χ0v) is 7.95. The van der Waals surface area contributed by atoms with E-state index in [-0.39, 0.29) is 0 Å². The van der Waals surface area contributed by atoms with Crippen LogP contribution >= 0.6 is 0 Å². The van der Waals surface area contributed by atoms with E-state index in [1.165, 1.54) is 0 Å². The lowest BCUT2D eigenvalue weighted by molar-refractivity contribution is -0.107. The van der Waals surface area contributed by atoms with Gasteiger partial charge in [-0.3, -0.25) is 4.79 Å². The summed E-state index contributed by atoms with van der Waals surface area (Å²) in [6.07, 6.45) is 0.797. The standard InChI is InChI=1S/C10H14N2O/c1-3-11-9-5-4-6-10(7-9)12(2)8-13/h4-8,11H,3H2,1-2H3. The van der Waals surface area contributed by atoms with Gasteiger partial charge in [0.05, 0.1) is 0 Å². The highest BCUT2D eigenvalue weighted by Gasteiger charge is 1.98. The molecule has 0 aliphatic rings. The van der Waals surface area contributed by atoms with Crippen LogP contribution in [-0.4, -0.2) is 20.0 Å². The molecule has 0 bridgehead atoms. The van der Waals surface area contributed by atoms with Crippen LogP contribution in [-0.2, 0) is 4.79 Å². The van der Waals surface area contributed by atoms with Crippen molar-refractivity contribution >= 4 is 17.8 Å². The first-order valence-electron chi connectivity index (χ1n) is 4.30. The van der Waals surface area contributed by atoms with Crippen LogP contribution in [0, 0.1) is 0 Å². The second-order valence-electron chi connectivity index (χ2n) is 2.80. The Kier molecular flexibility index (Phi) is 3.31. The first-order valence-corrected chi connectivity index (χ1v) is 4.30. The summed E-state index contributed by atoms with van der Waals surface area (Å²) in [5.41, 5.74) is 1.93. The molecule has 1 rings (SSSR count). The second-order valence-corrected chi connectivity index (χ2v) is 2.80. The maximum absolute atomic E-state index is 10.5. The SMILES string of the molecule is CCNc1cccc(N(C)C=O)c1. The maximum atomic E-state index is 10.5. The van der Waals surface area contributed by atoms with Crippen molar-refractivity contribution in [1.82, 2.24) is 0 Å². The number of anilines is 2. The molecule has 1 aromatic carbocycles. The van der Waals surface area contributed by atoms with E-state index in [2.05, 4.69) is 5.32 Å². The van der Waals surface area contributed by atoms with E-state index in [9.17, 15) is 4.79 Å². The third kappa shape index (κ3) is 2.47. The Bertz CT molecular complexity index is 286. The van der Waals surface area contributed by atoms with Crippen molar-refractivity contribution in [1.29, 1.82) is 0 Å². The molecule has 0 aliphatic carbocycles. The second kappa shape index (κ2) is 4.50. The molecule has 0 atom stereocenters. The Morgan fingerprint density at radius 2 is 2.31 bits per heavy atom. The van der Waals surface area contributed by atoms with Gasteiger partial charge in [-0.25, -0.2) is 0 Å². The highest BCUT2D eigenvalue weighted by molar-refractivity contribution is 5.75. The third-order valence-electron chi connectivity index (χ3n) is 1.79. The van der Waals surface area contributed by atoms with E-state index in [1.807, 2.05) is 31.2 Å². The lowest BCUT2D eigenvalue weighted by Crippen LogP contribution is -2.13. The summed E-state index contributed by atoms with van der Waals surface area (Å²) in [7, 11) is 1.73. The summed E-state index contributed by atoms with van der Waals surface area (Å²) >= 11 is 0. The van der Waals surface area contributed by atoms with Crippen LogP contribution in [0.15, 0.2) is 24.3 Å². The monoisotopic (exact) mass is 178 g/mol. The molecule has 0 saturated carbocycles. The van der Waals surface area contributed by atoms with Gasteiger partial charge in [-0.1, -0.05) is 6.07 Å². The molecule has 0 aromatic heterocycles. The van der Waals surface area contributed by atoms with E-state index < -0.39 is 0 Å². The topological polar surface area (TPSA) is 32.3 Å². The molecule has 70 valence electrons. The van der Waals surface area contributed by atoms with Crippen molar-refractivity contribution in [3.8, 4) is 0 Å². The molecule has 0 spiro atoms. The first kappa shape index (κ1) is 9.58. The Balaban J connectivity index is 2.84. The van der Waals surface area contributed by atoms with E-state index in [0.717, 1.165) is 24.3 Å². The molecular weight excluding hydrogens is 164 g/mol. The molecule has 0 unspecified atom stereocenters. The number of nitrogens with one attached hydrogen (secondary N) is 1. The summed E-state index contributed by atoms with van der Waals surface area (Å²) in [4.78, 5) is 12.0. The van der Waals surface area contributed by atoms with Gasteiger partial charge in [0.1, 0.15) is 0 Å². The fraction of sp³-hybridized carbons (Fsp3) is 0.300. The van der Waals surface area contributed by atoms with Crippen LogP contribution in [0.5, 0.6) is 0 Å². The molecular formula is C10H14N2O. The van der Waals surface area contributed by atoms with Gasteiger partial charge in [-0.15, -0.1) is 0 Å². The fourth-order valence-electron chi connectivity index (χ4n) is 1.10. The van der Waals surface area contributed by atoms with Gasteiger partial charge in [0.2, 0.25) is 6.41 Å². The molecule has 0 saturated heterocycles. The lowest BCUT2D eigenvalue weighted by Gasteiger charge is -2.12. The molecule has 1 N–H and O–H groups in total. The predicted octanol–water partition coefficient (Wildman–Crippen LogP) is 1.71. The normalized spacial score (nSPS) is 9.38. The highest BCUT2D eigenvalue weighted by atomic mass is 16.1. The Morgan fingerprint density at radius 3 is 2.92 bits per heavy atom. The van der Waals surface area contributed by atoms with Crippen molar-refractivity contribution < 1.29 is 4.79 Å². The molecule has 3 nitrogen and oxygen atoms in total. The van der Waals surface area contributed by atoms with Gasteiger partial charge in [-0.05, 0) is 25.1 Å². The first-order chi connectivity index (χ1) is 6.27. The van der Waals surface area contributed by atoms with Crippen LogP contribution in [0.25, 0.3) is 0 Å². The van der Waals surface area contributed by atoms with Gasteiger partial charge in [0.15, 0.2) is 0 Å². The third-order valence-corrected chi connectivity index (χ3v) is 1.79. The van der Waals surface area contributed by atoms with Crippen molar-refractivity contribution in [3.05, 3.63) is 24.3 Å². The van der Waals surface area contributed by atoms with E-state index >= 15 is 0 Å².